The molecule has 10 rings (SSSR count). The Kier molecular flexibility index (Phi) is 25.5. The molecule has 8 aliphatic carbocycles. The molecule has 0 aromatic heterocycles. The molecule has 0 spiro atoms. The summed E-state index contributed by atoms with van der Waals surface area (Å²) in [4.78, 5) is 28.8. The molecule has 4 atom stereocenters. The normalized spacial score (nSPS) is 33.1. The van der Waals surface area contributed by atoms with E-state index < -0.39 is 11.4 Å². The quantitative estimate of drug-likeness (QED) is 0.209. The number of benzene rings is 2. The number of ketones is 1. The third-order valence-corrected chi connectivity index (χ3v) is 12.2. The molecule has 2 aromatic rings. The van der Waals surface area contributed by atoms with E-state index in [0.29, 0.717) is 65.7 Å². The molecule has 8 aliphatic rings. The van der Waals surface area contributed by atoms with Gasteiger partial charge in [0.15, 0.2) is 5.78 Å². The fourth-order valence-corrected chi connectivity index (χ4v) is 10.6. The zero-order chi connectivity index (χ0) is 37.2. The second-order valence-electron chi connectivity index (χ2n) is 14.5. The van der Waals surface area contributed by atoms with Crippen molar-refractivity contribution >= 4 is 142 Å². The topological polar surface area (TPSA) is 118 Å². The van der Waals surface area contributed by atoms with Crippen molar-refractivity contribution in [3.8, 4) is 0 Å². The van der Waals surface area contributed by atoms with Crippen LogP contribution in [-0.4, -0.2) is 39.4 Å². The molecule has 0 saturated heterocycles. The maximum absolute atomic E-state index is 14.0. The van der Waals surface area contributed by atoms with Crippen molar-refractivity contribution in [2.45, 2.75) is 95.3 Å². The van der Waals surface area contributed by atoms with E-state index in [4.69, 9.17) is 15.3 Å². The molecule has 8 fully saturated rings. The van der Waals surface area contributed by atoms with Gasteiger partial charge in [-0.25, -0.2) is 8.78 Å². The van der Waals surface area contributed by atoms with Crippen LogP contribution in [0.3, 0.4) is 0 Å². The Hall–Kier alpha value is 2.57. The molecule has 0 heterocycles. The van der Waals surface area contributed by atoms with Crippen LogP contribution in [0.5, 0.6) is 0 Å². The van der Waals surface area contributed by atoms with Crippen LogP contribution in [0, 0.1) is 53.1 Å². The predicted octanol–water partition coefficient (Wildman–Crippen LogP) is 9.04. The molecule has 16 heteroatoms. The van der Waals surface area contributed by atoms with E-state index in [2.05, 4.69) is 106 Å². The van der Waals surface area contributed by atoms with Crippen LogP contribution < -0.4 is 19.0 Å². The molecule has 296 valence electrons. The van der Waals surface area contributed by atoms with Gasteiger partial charge in [0.2, 0.25) is 0 Å². The second kappa shape index (κ2) is 25.3. The van der Waals surface area contributed by atoms with Crippen LogP contribution >= 0.6 is 130 Å². The van der Waals surface area contributed by atoms with Gasteiger partial charge in [0.25, 0.3) is 0 Å². The van der Waals surface area contributed by atoms with Gasteiger partial charge >= 0.3 is 56.6 Å². The molecule has 0 radical (unpaired) electrons. The van der Waals surface area contributed by atoms with Crippen molar-refractivity contribution in [1.29, 1.82) is 0 Å². The molecule has 4 N–H and O–H groups in total. The van der Waals surface area contributed by atoms with Crippen molar-refractivity contribution in [3.05, 3.63) is 68.6 Å². The summed E-state index contributed by atoms with van der Waals surface area (Å²) in [6.45, 7) is 0. The molecule has 0 amide bonds. The SMILES string of the molecule is C.Fc1cccc(Br)c1.I.II.I[I-]I.NC1C2CC3CC1CC(O)(C3)C2.O=C(CC1C2CC3CC1CC(O)(C3)C2)c1ccc(Br)cc1F.O=C=O. The largest absolute Gasteiger partial charge is 0.390 e. The third-order valence-electron chi connectivity index (χ3n) is 11.2. The maximum atomic E-state index is 14.0. The predicted molar refractivity (Wildman–Crippen MR) is 249 cm³/mol. The van der Waals surface area contributed by atoms with Gasteiger partial charge in [-0.15, -0.1) is 24.0 Å². The van der Waals surface area contributed by atoms with Crippen LogP contribution in [0.4, 0.5) is 8.78 Å². The zero-order valence-corrected chi connectivity index (χ0v) is 43.7. The van der Waals surface area contributed by atoms with Crippen molar-refractivity contribution in [2.75, 3.05) is 0 Å². The number of carbonyl (C=O) groups is 1. The van der Waals surface area contributed by atoms with E-state index >= 15 is 0 Å². The summed E-state index contributed by atoms with van der Waals surface area (Å²) in [5.74, 6) is 3.19. The van der Waals surface area contributed by atoms with Crippen molar-refractivity contribution in [1.82, 2.24) is 0 Å². The molecule has 8 bridgehead atoms. The Morgan fingerprint density at radius 1 is 0.827 bits per heavy atom. The van der Waals surface area contributed by atoms with Crippen LogP contribution in [0.2, 0.25) is 0 Å². The number of hydrogen-bond donors (Lipinski definition) is 3. The number of halogens is 10. The van der Waals surface area contributed by atoms with E-state index in [1.165, 1.54) is 31.0 Å². The standard InChI is InChI=1S/C18H20BrFO2.C10H17NO.C6H4BrF.CO2.CH4.I3.I2.HI/c19-13-1-2-14(16(20)5-13)17(21)6-15-11-3-10-4-12(15)9-18(22,7-10)8-11;11-9-7-1-6-2-8(9)5-10(12,3-6)4-7;7-5-2-1-3-6(8)4-5;2-1-3;;1-3-2;1-2;/h1-2,5,10-12,15,22H,3-4,6-9H2;6-9,12H,1-5,11H2;1-4H;;1H4;;;1H/q;;;;;-1;;. The zero-order valence-electron chi connectivity index (χ0n) is 27.4. The summed E-state index contributed by atoms with van der Waals surface area (Å²) >= 11 is 15.9. The molecule has 4 unspecified atom stereocenters. The van der Waals surface area contributed by atoms with E-state index in [1.807, 2.05) is 0 Å². The van der Waals surface area contributed by atoms with Gasteiger partial charge in [0.1, 0.15) is 11.6 Å². The summed E-state index contributed by atoms with van der Waals surface area (Å²) < 4.78 is 27.5. The Morgan fingerprint density at radius 3 is 1.63 bits per heavy atom. The van der Waals surface area contributed by atoms with Crippen LogP contribution in [0.15, 0.2) is 51.4 Å². The van der Waals surface area contributed by atoms with Gasteiger partial charge in [-0.2, -0.15) is 9.59 Å². The van der Waals surface area contributed by atoms with Gasteiger partial charge in [0.05, 0.1) is 16.8 Å². The first-order valence-electron chi connectivity index (χ1n) is 16.3. The van der Waals surface area contributed by atoms with Crippen molar-refractivity contribution in [3.63, 3.8) is 0 Å². The summed E-state index contributed by atoms with van der Waals surface area (Å²) in [5, 5.41) is 20.8. The Balaban J connectivity index is 0.000000381. The van der Waals surface area contributed by atoms with Gasteiger partial charge in [-0.3, -0.25) is 4.79 Å². The van der Waals surface area contributed by atoms with E-state index in [9.17, 15) is 23.8 Å². The fourth-order valence-electron chi connectivity index (χ4n) is 9.94. The van der Waals surface area contributed by atoms with Crippen LogP contribution in [0.1, 0.15) is 88.4 Å². The number of Topliss-reactive ketones (excluding diaryl/α,β-unsaturated/α-hetero) is 1. The number of carbonyl (C=O) groups excluding carboxylic acids is 3. The molecule has 52 heavy (non-hydrogen) atoms. The van der Waals surface area contributed by atoms with Crippen LogP contribution in [-0.2, 0) is 9.59 Å². The Morgan fingerprint density at radius 2 is 1.25 bits per heavy atom. The minimum atomic E-state index is -0.473. The fraction of sp³-hybridized carbons (Fsp3) is 0.611. The first kappa shape index (κ1) is 52.6. The molecular weight excluding hydrogens is 1490 g/mol. The number of rotatable bonds is 3. The van der Waals surface area contributed by atoms with E-state index in [1.54, 1.807) is 24.3 Å². The Labute approximate surface area is 393 Å². The maximum Gasteiger partial charge on any atom is 0.373 e. The molecule has 8 saturated carbocycles. The van der Waals surface area contributed by atoms with E-state index in [0.717, 1.165) is 61.8 Å². The smallest absolute Gasteiger partial charge is 0.373 e. The summed E-state index contributed by atoms with van der Waals surface area (Å²) in [5.41, 5.74) is 5.55. The molecule has 6 nitrogen and oxygen atoms in total. The summed E-state index contributed by atoms with van der Waals surface area (Å²) in [6, 6.07) is 11.3. The average molecular weight is 1530 g/mol. The minimum absolute atomic E-state index is 0. The monoisotopic (exact) mass is 1530 g/mol. The number of nitrogens with two attached hydrogens (primary N) is 1. The molecule has 0 aliphatic heterocycles. The minimum Gasteiger partial charge on any atom is -0.390 e. The second-order valence-corrected chi connectivity index (χ2v) is 32.5. The number of hydrogen-bond acceptors (Lipinski definition) is 6. The molecular formula is C36H46Br2F2I6NO5-. The van der Waals surface area contributed by atoms with E-state index in [-0.39, 0.29) is 60.3 Å². The Bertz CT molecular complexity index is 1410. The van der Waals surface area contributed by atoms with Crippen LogP contribution in [0.25, 0.3) is 0 Å². The van der Waals surface area contributed by atoms with Gasteiger partial charge in [-0.05, 0) is 142 Å². The average Bonchev–Trinajstić information content (AvgIpc) is 3.02. The van der Waals surface area contributed by atoms with Gasteiger partial charge < -0.3 is 15.9 Å². The third kappa shape index (κ3) is 15.3. The van der Waals surface area contributed by atoms with Gasteiger partial charge in [-0.1, -0.05) is 45.4 Å². The van der Waals surface area contributed by atoms with Gasteiger partial charge in [0, 0.05) is 58.6 Å². The number of aliphatic hydroxyl groups is 2. The first-order chi connectivity index (χ1) is 23.7. The molecule has 2 aromatic carbocycles. The first-order valence-corrected chi connectivity index (χ1v) is 36.8. The summed E-state index contributed by atoms with van der Waals surface area (Å²) in [7, 11) is 0. The van der Waals surface area contributed by atoms with Crippen molar-refractivity contribution in [2.24, 2.45) is 47.2 Å². The van der Waals surface area contributed by atoms with Crippen molar-refractivity contribution < 1.29 is 46.6 Å². The summed E-state index contributed by atoms with van der Waals surface area (Å²) in [6.07, 6.45) is 11.2.